The molecule has 0 saturated carbocycles. The van der Waals surface area contributed by atoms with Crippen LogP contribution in [-0.4, -0.2) is 29.9 Å². The molecule has 16 heavy (non-hydrogen) atoms. The van der Waals surface area contributed by atoms with Crippen LogP contribution in [0.5, 0.6) is 0 Å². The number of urea groups is 1. The van der Waals surface area contributed by atoms with Gasteiger partial charge in [-0.25, -0.2) is 4.79 Å². The third-order valence-corrected chi connectivity index (χ3v) is 3.80. The van der Waals surface area contributed by atoms with E-state index < -0.39 is 0 Å². The molecule has 4 N–H and O–H groups in total. The monoisotopic (exact) mass is 223 g/mol. The van der Waals surface area contributed by atoms with Gasteiger partial charge in [-0.3, -0.25) is 4.79 Å². The lowest BCUT2D eigenvalue weighted by Crippen LogP contribution is -2.45. The van der Waals surface area contributed by atoms with Crippen LogP contribution in [0.4, 0.5) is 4.79 Å². The van der Waals surface area contributed by atoms with Crippen molar-refractivity contribution in [3.63, 3.8) is 0 Å². The zero-order valence-corrected chi connectivity index (χ0v) is 9.24. The predicted octanol–water partition coefficient (Wildman–Crippen LogP) is 0.353. The molecule has 5 heteroatoms. The highest BCUT2D eigenvalue weighted by molar-refractivity contribution is 5.92. The Hall–Kier alpha value is -1.52. The predicted molar refractivity (Wildman–Crippen MR) is 59.3 cm³/mol. The fraction of sp³-hybridized carbons (Fsp3) is 0.636. The van der Waals surface area contributed by atoms with Crippen LogP contribution < -0.4 is 11.5 Å². The molecule has 3 amide bonds. The Morgan fingerprint density at radius 1 is 1.25 bits per heavy atom. The van der Waals surface area contributed by atoms with E-state index in [1.54, 1.807) is 4.90 Å². The highest BCUT2D eigenvalue weighted by atomic mass is 16.2. The van der Waals surface area contributed by atoms with Crippen LogP contribution in [0, 0.1) is 5.41 Å². The second-order valence-corrected chi connectivity index (χ2v) is 4.80. The molecule has 1 saturated heterocycles. The molecule has 5 nitrogen and oxygen atoms in total. The van der Waals surface area contributed by atoms with Crippen molar-refractivity contribution in [3.8, 4) is 0 Å². The van der Waals surface area contributed by atoms with Crippen molar-refractivity contribution in [2.75, 3.05) is 13.1 Å². The fourth-order valence-electron chi connectivity index (χ4n) is 2.66. The number of primary amides is 2. The number of piperidine rings is 1. The topological polar surface area (TPSA) is 89.4 Å². The molecular weight excluding hydrogens is 206 g/mol. The molecule has 1 heterocycles. The number of hydrogen-bond donors (Lipinski definition) is 2. The Bertz CT molecular complexity index is 354. The van der Waals surface area contributed by atoms with E-state index in [0.717, 1.165) is 31.3 Å². The number of hydrogen-bond acceptors (Lipinski definition) is 2. The Balaban J connectivity index is 1.95. The van der Waals surface area contributed by atoms with Gasteiger partial charge < -0.3 is 16.4 Å². The highest BCUT2D eigenvalue weighted by Gasteiger charge is 2.39. The fourth-order valence-corrected chi connectivity index (χ4v) is 2.66. The summed E-state index contributed by atoms with van der Waals surface area (Å²) in [5, 5.41) is 0. The Kier molecular flexibility index (Phi) is 2.61. The van der Waals surface area contributed by atoms with E-state index >= 15 is 0 Å². The van der Waals surface area contributed by atoms with Crippen molar-refractivity contribution in [1.29, 1.82) is 0 Å². The number of nitrogens with two attached hydrogens (primary N) is 2. The van der Waals surface area contributed by atoms with E-state index in [2.05, 4.69) is 0 Å². The number of likely N-dealkylation sites (tertiary alicyclic amines) is 1. The molecule has 1 aliphatic carbocycles. The zero-order valence-electron chi connectivity index (χ0n) is 9.24. The van der Waals surface area contributed by atoms with Gasteiger partial charge in [0.15, 0.2) is 0 Å². The molecule has 1 aliphatic heterocycles. The number of carbonyl (C=O) groups excluding carboxylic acids is 2. The van der Waals surface area contributed by atoms with Crippen molar-refractivity contribution in [2.45, 2.75) is 25.7 Å². The van der Waals surface area contributed by atoms with Gasteiger partial charge in [0.1, 0.15) is 0 Å². The van der Waals surface area contributed by atoms with Gasteiger partial charge in [0.2, 0.25) is 5.91 Å². The van der Waals surface area contributed by atoms with E-state index in [-0.39, 0.29) is 17.4 Å². The summed E-state index contributed by atoms with van der Waals surface area (Å²) in [6.45, 7) is 1.38. The molecule has 1 fully saturated rings. The van der Waals surface area contributed by atoms with Crippen LogP contribution in [0.25, 0.3) is 0 Å². The summed E-state index contributed by atoms with van der Waals surface area (Å²) in [6.07, 6.45) is 5.42. The van der Waals surface area contributed by atoms with Gasteiger partial charge in [0.05, 0.1) is 0 Å². The first-order valence-electron chi connectivity index (χ1n) is 5.56. The standard InChI is InChI=1S/C11H17N3O2/c12-9(15)8-1-2-11(7-8)3-5-14(6-4-11)10(13)16/h1H,2-7H2,(H2,12,15)(H2,13,16). The van der Waals surface area contributed by atoms with Crippen LogP contribution in [0.15, 0.2) is 11.6 Å². The first-order valence-corrected chi connectivity index (χ1v) is 5.56. The third-order valence-electron chi connectivity index (χ3n) is 3.80. The van der Waals surface area contributed by atoms with Gasteiger partial charge in [0, 0.05) is 18.7 Å². The summed E-state index contributed by atoms with van der Waals surface area (Å²) in [7, 11) is 0. The normalized spacial score (nSPS) is 23.2. The second kappa shape index (κ2) is 3.81. The Morgan fingerprint density at radius 2 is 1.88 bits per heavy atom. The number of rotatable bonds is 1. The maximum atomic E-state index is 11.1. The highest BCUT2D eigenvalue weighted by Crippen LogP contribution is 2.45. The van der Waals surface area contributed by atoms with Crippen LogP contribution >= 0.6 is 0 Å². The lowest BCUT2D eigenvalue weighted by molar-refractivity contribution is -0.114. The summed E-state index contributed by atoms with van der Waals surface area (Å²) in [5.41, 5.74) is 11.4. The van der Waals surface area contributed by atoms with Crippen LogP contribution in [0.1, 0.15) is 25.7 Å². The van der Waals surface area contributed by atoms with Crippen molar-refractivity contribution < 1.29 is 9.59 Å². The van der Waals surface area contributed by atoms with Crippen molar-refractivity contribution in [1.82, 2.24) is 4.90 Å². The summed E-state index contributed by atoms with van der Waals surface area (Å²) >= 11 is 0. The van der Waals surface area contributed by atoms with Gasteiger partial charge in [-0.15, -0.1) is 0 Å². The molecule has 0 aromatic rings. The van der Waals surface area contributed by atoms with Gasteiger partial charge in [-0.2, -0.15) is 0 Å². The summed E-state index contributed by atoms with van der Waals surface area (Å²) in [6, 6.07) is -0.351. The minimum absolute atomic E-state index is 0.149. The average Bonchev–Trinajstić information content (AvgIpc) is 2.63. The third kappa shape index (κ3) is 1.89. The minimum Gasteiger partial charge on any atom is -0.366 e. The van der Waals surface area contributed by atoms with E-state index in [1.165, 1.54) is 0 Å². The lowest BCUT2D eigenvalue weighted by atomic mass is 9.75. The van der Waals surface area contributed by atoms with E-state index in [1.807, 2.05) is 6.08 Å². The Labute approximate surface area is 94.5 Å². The molecule has 2 rings (SSSR count). The van der Waals surface area contributed by atoms with Crippen LogP contribution in [0.2, 0.25) is 0 Å². The minimum atomic E-state index is -0.351. The quantitative estimate of drug-likeness (QED) is 0.671. The number of allylic oxidation sites excluding steroid dienone is 1. The molecule has 1 spiro atoms. The maximum Gasteiger partial charge on any atom is 0.314 e. The van der Waals surface area contributed by atoms with Crippen LogP contribution in [-0.2, 0) is 4.79 Å². The molecule has 0 bridgehead atoms. The number of amides is 3. The molecular formula is C11H17N3O2. The smallest absolute Gasteiger partial charge is 0.314 e. The van der Waals surface area contributed by atoms with E-state index in [4.69, 9.17) is 11.5 Å². The molecule has 88 valence electrons. The number of carbonyl (C=O) groups is 2. The first kappa shape index (κ1) is 11.0. The van der Waals surface area contributed by atoms with Gasteiger partial charge >= 0.3 is 6.03 Å². The van der Waals surface area contributed by atoms with Gasteiger partial charge in [0.25, 0.3) is 0 Å². The van der Waals surface area contributed by atoms with Crippen LogP contribution in [0.3, 0.4) is 0 Å². The Morgan fingerprint density at radius 3 is 2.31 bits per heavy atom. The van der Waals surface area contributed by atoms with Crippen molar-refractivity contribution in [3.05, 3.63) is 11.6 Å². The molecule has 0 aromatic carbocycles. The largest absolute Gasteiger partial charge is 0.366 e. The average molecular weight is 223 g/mol. The summed E-state index contributed by atoms with van der Waals surface area (Å²) < 4.78 is 0. The maximum absolute atomic E-state index is 11.1. The number of nitrogens with zero attached hydrogens (tertiary/aromatic N) is 1. The van der Waals surface area contributed by atoms with E-state index in [0.29, 0.717) is 13.1 Å². The van der Waals surface area contributed by atoms with E-state index in [9.17, 15) is 9.59 Å². The molecule has 0 unspecified atom stereocenters. The summed E-state index contributed by atoms with van der Waals surface area (Å²) in [4.78, 5) is 23.7. The van der Waals surface area contributed by atoms with Crippen molar-refractivity contribution >= 4 is 11.9 Å². The van der Waals surface area contributed by atoms with Crippen molar-refractivity contribution in [2.24, 2.45) is 16.9 Å². The van der Waals surface area contributed by atoms with Gasteiger partial charge in [-0.1, -0.05) is 6.08 Å². The molecule has 0 atom stereocenters. The second-order valence-electron chi connectivity index (χ2n) is 4.80. The molecule has 0 radical (unpaired) electrons. The molecule has 0 aromatic heterocycles. The zero-order chi connectivity index (χ0) is 11.8. The summed E-state index contributed by atoms with van der Waals surface area (Å²) in [5.74, 6) is -0.311. The first-order chi connectivity index (χ1) is 7.52. The van der Waals surface area contributed by atoms with Gasteiger partial charge in [-0.05, 0) is 31.1 Å². The molecule has 2 aliphatic rings. The lowest BCUT2D eigenvalue weighted by Gasteiger charge is -2.38. The SMILES string of the molecule is NC(=O)C1=CCC2(CCN(C(N)=O)CC2)C1.